The van der Waals surface area contributed by atoms with E-state index in [9.17, 15) is 14.4 Å². The Kier molecular flexibility index (Phi) is 39.6. The van der Waals surface area contributed by atoms with Crippen LogP contribution in [-0.2, 0) is 28.6 Å². The van der Waals surface area contributed by atoms with E-state index in [4.69, 9.17) is 14.2 Å². The summed E-state index contributed by atoms with van der Waals surface area (Å²) < 4.78 is 16.9. The summed E-state index contributed by atoms with van der Waals surface area (Å²) in [5, 5.41) is 0. The molecule has 0 aromatic heterocycles. The number of hydrogen-bond donors (Lipinski definition) is 0. The third kappa shape index (κ3) is 38.1. The molecule has 0 spiro atoms. The van der Waals surface area contributed by atoms with Gasteiger partial charge < -0.3 is 14.2 Å². The molecule has 53 heavy (non-hydrogen) atoms. The van der Waals surface area contributed by atoms with Crippen LogP contribution in [0.3, 0.4) is 0 Å². The van der Waals surface area contributed by atoms with Gasteiger partial charge in [0.25, 0.3) is 0 Å². The Morgan fingerprint density at radius 2 is 0.774 bits per heavy atom. The molecule has 0 aromatic rings. The molecule has 0 aliphatic heterocycles. The van der Waals surface area contributed by atoms with Gasteiger partial charge in [0, 0.05) is 38.0 Å². The first-order chi connectivity index (χ1) is 26.0. The van der Waals surface area contributed by atoms with Gasteiger partial charge in [0.2, 0.25) is 0 Å². The van der Waals surface area contributed by atoms with Crippen LogP contribution in [0.1, 0.15) is 246 Å². The normalized spacial score (nSPS) is 11.6. The second kappa shape index (κ2) is 41.1. The van der Waals surface area contributed by atoms with Gasteiger partial charge in [0.1, 0.15) is 6.10 Å². The summed E-state index contributed by atoms with van der Waals surface area (Å²) in [4.78, 5) is 37.3. The van der Waals surface area contributed by atoms with Gasteiger partial charge in [-0.05, 0) is 57.8 Å². The molecule has 0 N–H and O–H groups in total. The van der Waals surface area contributed by atoms with Crippen LogP contribution in [0.25, 0.3) is 0 Å². The number of carbonyl (C=O) groups excluding carboxylic acids is 3. The molecule has 0 aromatic carbocycles. The minimum atomic E-state index is -0.310. The predicted octanol–water partition coefficient (Wildman–Crippen LogP) is 13.9. The van der Waals surface area contributed by atoms with Gasteiger partial charge >= 0.3 is 17.9 Å². The summed E-state index contributed by atoms with van der Waals surface area (Å²) in [6.07, 6.45) is 36.7. The average Bonchev–Trinajstić information content (AvgIpc) is 3.15. The topological polar surface area (TPSA) is 78.9 Å². The van der Waals surface area contributed by atoms with E-state index in [1.54, 1.807) is 0 Å². The lowest BCUT2D eigenvalue weighted by Crippen LogP contribution is -2.21. The molecule has 0 aliphatic rings. The van der Waals surface area contributed by atoms with Crippen molar-refractivity contribution in [2.45, 2.75) is 252 Å². The highest BCUT2D eigenvalue weighted by Crippen LogP contribution is 2.18. The largest absolute Gasteiger partial charge is 0.465 e. The smallest absolute Gasteiger partial charge is 0.306 e. The van der Waals surface area contributed by atoms with Gasteiger partial charge in [-0.1, -0.05) is 156 Å². The van der Waals surface area contributed by atoms with Crippen molar-refractivity contribution >= 4 is 17.9 Å². The first-order valence-corrected chi connectivity index (χ1v) is 22.9. The summed E-state index contributed by atoms with van der Waals surface area (Å²) in [6.45, 7) is 9.24. The Balaban J connectivity index is 4.00. The molecule has 0 rings (SSSR count). The SMILES string of the molecule is CCCCCCCCC#CCCCCCCCCCC(=O)OCC(CC)COC(=O)CCCC(=O)OC(CCCCCCCC)CCCCCCCC. The van der Waals surface area contributed by atoms with Crippen molar-refractivity contribution in [1.29, 1.82) is 0 Å². The minimum Gasteiger partial charge on any atom is -0.465 e. The third-order valence-corrected chi connectivity index (χ3v) is 10.3. The van der Waals surface area contributed by atoms with Gasteiger partial charge in [-0.2, -0.15) is 0 Å². The van der Waals surface area contributed by atoms with Crippen molar-refractivity contribution in [1.82, 2.24) is 0 Å². The summed E-state index contributed by atoms with van der Waals surface area (Å²) in [5.41, 5.74) is 0. The van der Waals surface area contributed by atoms with Crippen molar-refractivity contribution in [2.75, 3.05) is 13.2 Å². The summed E-state index contributed by atoms with van der Waals surface area (Å²) in [5.74, 6) is 5.99. The third-order valence-electron chi connectivity index (χ3n) is 10.3. The Morgan fingerprint density at radius 3 is 1.21 bits per heavy atom. The molecule has 1 atom stereocenters. The molecule has 310 valence electrons. The second-order valence-electron chi connectivity index (χ2n) is 15.6. The van der Waals surface area contributed by atoms with Gasteiger partial charge in [0.05, 0.1) is 13.2 Å². The molecule has 0 fully saturated rings. The number of ether oxygens (including phenoxy) is 3. The highest BCUT2D eigenvalue weighted by atomic mass is 16.6. The predicted molar refractivity (Wildman–Crippen MR) is 223 cm³/mol. The lowest BCUT2D eigenvalue weighted by Gasteiger charge is -2.18. The standard InChI is InChI=1S/C47H86O6/c1-5-9-12-15-18-19-20-21-22-23-24-25-26-27-28-31-34-38-45(48)51-41-43(8-4)42-52-46(49)39-35-40-47(50)53-44(36-32-29-16-13-10-6-2)37-33-30-17-14-11-7-3/h43-44H,5-20,23-42H2,1-4H3. The monoisotopic (exact) mass is 747 g/mol. The molecule has 6 nitrogen and oxygen atoms in total. The molecule has 0 radical (unpaired) electrons. The second-order valence-corrected chi connectivity index (χ2v) is 15.6. The van der Waals surface area contributed by atoms with E-state index in [0.717, 1.165) is 64.2 Å². The molecule has 0 aliphatic carbocycles. The summed E-state index contributed by atoms with van der Waals surface area (Å²) >= 11 is 0. The zero-order chi connectivity index (χ0) is 38.9. The van der Waals surface area contributed by atoms with Gasteiger partial charge in [-0.15, -0.1) is 11.8 Å². The molecule has 6 heteroatoms. The minimum absolute atomic E-state index is 0.00942. The lowest BCUT2D eigenvalue weighted by atomic mass is 10.0. The van der Waals surface area contributed by atoms with Crippen LogP contribution in [0.5, 0.6) is 0 Å². The highest BCUT2D eigenvalue weighted by Gasteiger charge is 2.17. The number of hydrogen-bond acceptors (Lipinski definition) is 6. The Bertz CT molecular complexity index is 873. The van der Waals surface area contributed by atoms with E-state index >= 15 is 0 Å². The molecule has 0 saturated carbocycles. The van der Waals surface area contributed by atoms with Crippen molar-refractivity contribution < 1.29 is 28.6 Å². The Morgan fingerprint density at radius 1 is 0.415 bits per heavy atom. The number of rotatable bonds is 39. The summed E-state index contributed by atoms with van der Waals surface area (Å²) in [6, 6.07) is 0. The van der Waals surface area contributed by atoms with Crippen LogP contribution in [0.4, 0.5) is 0 Å². The van der Waals surface area contributed by atoms with E-state index in [1.165, 1.54) is 128 Å². The van der Waals surface area contributed by atoms with E-state index in [0.29, 0.717) is 12.8 Å². The average molecular weight is 747 g/mol. The maximum absolute atomic E-state index is 12.7. The fourth-order valence-electron chi connectivity index (χ4n) is 6.58. The Labute approximate surface area is 328 Å². The molecular weight excluding hydrogens is 661 g/mol. The van der Waals surface area contributed by atoms with Crippen LogP contribution < -0.4 is 0 Å². The molecular formula is C47H86O6. The maximum Gasteiger partial charge on any atom is 0.306 e. The van der Waals surface area contributed by atoms with Crippen LogP contribution in [0, 0.1) is 17.8 Å². The van der Waals surface area contributed by atoms with Crippen LogP contribution in [0.15, 0.2) is 0 Å². The molecule has 1 unspecified atom stereocenters. The fraction of sp³-hybridized carbons (Fsp3) is 0.894. The van der Waals surface area contributed by atoms with Crippen LogP contribution in [0.2, 0.25) is 0 Å². The highest BCUT2D eigenvalue weighted by molar-refractivity contribution is 5.72. The number of carbonyl (C=O) groups is 3. The first-order valence-electron chi connectivity index (χ1n) is 22.9. The lowest BCUT2D eigenvalue weighted by molar-refractivity contribution is -0.150. The van der Waals surface area contributed by atoms with E-state index in [1.807, 2.05) is 6.92 Å². The van der Waals surface area contributed by atoms with Gasteiger partial charge in [-0.25, -0.2) is 0 Å². The summed E-state index contributed by atoms with van der Waals surface area (Å²) in [7, 11) is 0. The van der Waals surface area contributed by atoms with E-state index in [2.05, 4.69) is 32.6 Å². The fourth-order valence-corrected chi connectivity index (χ4v) is 6.58. The molecule has 0 amide bonds. The van der Waals surface area contributed by atoms with E-state index in [-0.39, 0.29) is 56.0 Å². The van der Waals surface area contributed by atoms with Crippen molar-refractivity contribution in [3.63, 3.8) is 0 Å². The zero-order valence-corrected chi connectivity index (χ0v) is 35.6. The Hall–Kier alpha value is -2.03. The van der Waals surface area contributed by atoms with Crippen LogP contribution >= 0.6 is 0 Å². The molecule has 0 saturated heterocycles. The van der Waals surface area contributed by atoms with Crippen molar-refractivity contribution in [3.05, 3.63) is 0 Å². The number of esters is 3. The maximum atomic E-state index is 12.7. The zero-order valence-electron chi connectivity index (χ0n) is 35.6. The first kappa shape index (κ1) is 51.0. The van der Waals surface area contributed by atoms with E-state index < -0.39 is 0 Å². The van der Waals surface area contributed by atoms with Gasteiger partial charge in [0.15, 0.2) is 0 Å². The van der Waals surface area contributed by atoms with Gasteiger partial charge in [-0.3, -0.25) is 14.4 Å². The molecule has 0 bridgehead atoms. The van der Waals surface area contributed by atoms with Crippen molar-refractivity contribution in [2.24, 2.45) is 5.92 Å². The van der Waals surface area contributed by atoms with Crippen molar-refractivity contribution in [3.8, 4) is 11.8 Å². The molecule has 0 heterocycles. The quantitative estimate of drug-likeness (QED) is 0.0270. The number of unbranched alkanes of at least 4 members (excludes halogenated alkanes) is 23. The van der Waals surface area contributed by atoms with Crippen LogP contribution in [-0.4, -0.2) is 37.2 Å².